The lowest BCUT2D eigenvalue weighted by molar-refractivity contribution is -0.138. The van der Waals surface area contributed by atoms with E-state index in [0.29, 0.717) is 18.4 Å². The summed E-state index contributed by atoms with van der Waals surface area (Å²) in [6.45, 7) is 5.27. The second-order valence-corrected chi connectivity index (χ2v) is 3.33. The topological polar surface area (TPSA) is 0 Å². The van der Waals surface area contributed by atoms with Crippen LogP contribution in [0.1, 0.15) is 30.0 Å². The molecule has 0 aliphatic heterocycles. The molecule has 3 heteroatoms. The molecule has 15 heavy (non-hydrogen) atoms. The molecule has 0 aliphatic rings. The highest BCUT2D eigenvalue weighted by molar-refractivity contribution is 5.55. The maximum atomic E-state index is 12.8. The van der Waals surface area contributed by atoms with Gasteiger partial charge in [0, 0.05) is 0 Å². The Morgan fingerprint density at radius 2 is 2.00 bits per heavy atom. The van der Waals surface area contributed by atoms with E-state index in [4.69, 9.17) is 0 Å². The highest BCUT2D eigenvalue weighted by atomic mass is 19.4. The molecule has 0 radical (unpaired) electrons. The van der Waals surface area contributed by atoms with Gasteiger partial charge in [0.2, 0.25) is 0 Å². The molecule has 0 saturated heterocycles. The molecule has 1 aromatic rings. The monoisotopic (exact) mass is 214 g/mol. The minimum atomic E-state index is -4.30. The summed E-state index contributed by atoms with van der Waals surface area (Å²) in [6.07, 6.45) is -1.91. The van der Waals surface area contributed by atoms with Crippen molar-refractivity contribution in [3.63, 3.8) is 0 Å². The molecule has 0 fully saturated rings. The number of hydrogen-bond donors (Lipinski definition) is 0. The van der Waals surface area contributed by atoms with Crippen LogP contribution in [-0.4, -0.2) is 0 Å². The van der Waals surface area contributed by atoms with E-state index in [1.807, 2.05) is 6.92 Å². The summed E-state index contributed by atoms with van der Waals surface area (Å²) in [5.41, 5.74) is -0.0299. The summed E-state index contributed by atoms with van der Waals surface area (Å²) in [6, 6.07) is 4.60. The molecule has 0 aromatic heterocycles. The minimum absolute atomic E-state index is 0.161. The lowest BCUT2D eigenvalue weighted by atomic mass is 9.97. The number of hydrogen-bond acceptors (Lipinski definition) is 0. The zero-order chi connectivity index (χ0) is 11.5. The van der Waals surface area contributed by atoms with Gasteiger partial charge < -0.3 is 0 Å². The zero-order valence-electron chi connectivity index (χ0n) is 8.56. The van der Waals surface area contributed by atoms with Gasteiger partial charge in [0.1, 0.15) is 0 Å². The van der Waals surface area contributed by atoms with Crippen LogP contribution in [0.3, 0.4) is 0 Å². The maximum Gasteiger partial charge on any atom is 0.417 e. The van der Waals surface area contributed by atoms with Crippen molar-refractivity contribution in [2.75, 3.05) is 0 Å². The quantitative estimate of drug-likeness (QED) is 0.703. The molecule has 82 valence electrons. The molecule has 0 spiro atoms. The molecule has 1 rings (SSSR count). The molecule has 0 unspecified atom stereocenters. The van der Waals surface area contributed by atoms with E-state index in [9.17, 15) is 13.2 Å². The van der Waals surface area contributed by atoms with Crippen molar-refractivity contribution in [1.82, 2.24) is 0 Å². The van der Waals surface area contributed by atoms with Gasteiger partial charge in [-0.25, -0.2) is 0 Å². The highest BCUT2D eigenvalue weighted by Gasteiger charge is 2.34. The van der Waals surface area contributed by atoms with Crippen LogP contribution in [0.15, 0.2) is 24.8 Å². The zero-order valence-corrected chi connectivity index (χ0v) is 8.56. The van der Waals surface area contributed by atoms with E-state index < -0.39 is 11.7 Å². The van der Waals surface area contributed by atoms with Gasteiger partial charge in [0.25, 0.3) is 0 Å². The van der Waals surface area contributed by atoms with Crippen LogP contribution < -0.4 is 0 Å². The fourth-order valence-electron chi connectivity index (χ4n) is 1.61. The Kier molecular flexibility index (Phi) is 3.56. The third kappa shape index (κ3) is 2.61. The fraction of sp³-hybridized carbons (Fsp3) is 0.333. The van der Waals surface area contributed by atoms with Crippen LogP contribution in [0.2, 0.25) is 0 Å². The normalized spacial score (nSPS) is 11.5. The van der Waals surface area contributed by atoms with Gasteiger partial charge in [-0.05, 0) is 17.5 Å². The molecule has 0 saturated carbocycles. The fourth-order valence-corrected chi connectivity index (χ4v) is 1.61. The lowest BCUT2D eigenvalue weighted by Gasteiger charge is -2.15. The van der Waals surface area contributed by atoms with Gasteiger partial charge in [-0.15, -0.1) is 0 Å². The Balaban J connectivity index is 3.33. The number of benzene rings is 1. The van der Waals surface area contributed by atoms with Crippen molar-refractivity contribution >= 4 is 6.08 Å². The number of aryl methyl sites for hydroxylation is 1. The first kappa shape index (κ1) is 11.8. The Morgan fingerprint density at radius 3 is 2.47 bits per heavy atom. The van der Waals surface area contributed by atoms with Crippen LogP contribution in [0.4, 0.5) is 13.2 Å². The van der Waals surface area contributed by atoms with E-state index in [-0.39, 0.29) is 5.56 Å². The van der Waals surface area contributed by atoms with Crippen LogP contribution in [0.25, 0.3) is 6.08 Å². The van der Waals surface area contributed by atoms with Crippen LogP contribution in [0, 0.1) is 0 Å². The predicted molar refractivity (Wildman–Crippen MR) is 55.5 cm³/mol. The Hall–Kier alpha value is -1.25. The van der Waals surface area contributed by atoms with Crippen molar-refractivity contribution in [2.24, 2.45) is 0 Å². The summed E-state index contributed by atoms with van der Waals surface area (Å²) < 4.78 is 38.3. The van der Waals surface area contributed by atoms with Crippen LogP contribution >= 0.6 is 0 Å². The molecule has 0 bridgehead atoms. The molecule has 0 atom stereocenters. The second kappa shape index (κ2) is 4.51. The summed E-state index contributed by atoms with van der Waals surface area (Å²) in [4.78, 5) is 0. The molecule has 1 aromatic carbocycles. The first-order chi connectivity index (χ1) is 7.00. The van der Waals surface area contributed by atoms with Crippen molar-refractivity contribution in [2.45, 2.75) is 25.9 Å². The largest absolute Gasteiger partial charge is 0.417 e. The SMILES string of the molecule is C=Cc1cccc(CCC)c1C(F)(F)F. The van der Waals surface area contributed by atoms with E-state index in [1.54, 1.807) is 6.07 Å². The summed E-state index contributed by atoms with van der Waals surface area (Å²) in [5, 5.41) is 0. The van der Waals surface area contributed by atoms with Gasteiger partial charge in [0.05, 0.1) is 5.56 Å². The Labute approximate surface area is 87.4 Å². The molecule has 0 aliphatic carbocycles. The maximum absolute atomic E-state index is 12.8. The molecular weight excluding hydrogens is 201 g/mol. The van der Waals surface area contributed by atoms with Crippen LogP contribution in [-0.2, 0) is 12.6 Å². The molecule has 0 nitrogen and oxygen atoms in total. The second-order valence-electron chi connectivity index (χ2n) is 3.33. The third-order valence-electron chi connectivity index (χ3n) is 2.21. The molecule has 0 N–H and O–H groups in total. The standard InChI is InChI=1S/C12H13F3/c1-3-6-10-8-5-7-9(4-2)11(10)12(13,14)15/h4-5,7-8H,2-3,6H2,1H3. The van der Waals surface area contributed by atoms with Gasteiger partial charge in [-0.2, -0.15) is 13.2 Å². The number of rotatable bonds is 3. The van der Waals surface area contributed by atoms with Gasteiger partial charge >= 0.3 is 6.18 Å². The van der Waals surface area contributed by atoms with E-state index in [2.05, 4.69) is 6.58 Å². The summed E-state index contributed by atoms with van der Waals surface area (Å²) in [5.74, 6) is 0. The van der Waals surface area contributed by atoms with Gasteiger partial charge in [-0.3, -0.25) is 0 Å². The van der Waals surface area contributed by atoms with Crippen molar-refractivity contribution in [3.8, 4) is 0 Å². The summed E-state index contributed by atoms with van der Waals surface area (Å²) in [7, 11) is 0. The average Bonchev–Trinajstić information content (AvgIpc) is 2.16. The number of halogens is 3. The average molecular weight is 214 g/mol. The van der Waals surface area contributed by atoms with Crippen molar-refractivity contribution < 1.29 is 13.2 Å². The molecular formula is C12H13F3. The highest BCUT2D eigenvalue weighted by Crippen LogP contribution is 2.35. The first-order valence-corrected chi connectivity index (χ1v) is 4.82. The minimum Gasteiger partial charge on any atom is -0.166 e. The smallest absolute Gasteiger partial charge is 0.166 e. The van der Waals surface area contributed by atoms with Crippen molar-refractivity contribution in [3.05, 3.63) is 41.5 Å². The van der Waals surface area contributed by atoms with Gasteiger partial charge in [0.15, 0.2) is 0 Å². The number of alkyl halides is 3. The summed E-state index contributed by atoms with van der Waals surface area (Å²) >= 11 is 0. The van der Waals surface area contributed by atoms with Crippen molar-refractivity contribution in [1.29, 1.82) is 0 Å². The Bertz CT molecular complexity index is 350. The third-order valence-corrected chi connectivity index (χ3v) is 2.21. The van der Waals surface area contributed by atoms with Gasteiger partial charge in [-0.1, -0.05) is 44.2 Å². The Morgan fingerprint density at radius 1 is 1.33 bits per heavy atom. The first-order valence-electron chi connectivity index (χ1n) is 4.82. The molecule has 0 amide bonds. The van der Waals surface area contributed by atoms with E-state index >= 15 is 0 Å². The van der Waals surface area contributed by atoms with Crippen LogP contribution in [0.5, 0.6) is 0 Å². The van der Waals surface area contributed by atoms with E-state index in [0.717, 1.165) is 0 Å². The van der Waals surface area contributed by atoms with E-state index in [1.165, 1.54) is 18.2 Å². The molecule has 0 heterocycles. The predicted octanol–water partition coefficient (Wildman–Crippen LogP) is 4.30. The lowest BCUT2D eigenvalue weighted by Crippen LogP contribution is -2.11.